The number of halogens is 6. The van der Waals surface area contributed by atoms with E-state index in [0.717, 1.165) is 23.3 Å². The van der Waals surface area contributed by atoms with Crippen molar-refractivity contribution >= 4 is 0 Å². The Hall–Kier alpha value is -3.99. The van der Waals surface area contributed by atoms with Crippen molar-refractivity contribution in [2.75, 3.05) is 6.54 Å². The van der Waals surface area contributed by atoms with E-state index in [9.17, 15) is 26.3 Å². The van der Waals surface area contributed by atoms with Crippen LogP contribution in [0.5, 0.6) is 11.5 Å². The van der Waals surface area contributed by atoms with Crippen LogP contribution in [0.25, 0.3) is 0 Å². The standard InChI is InChI=1S/C30H30F6N2O3/c1-5-6-7-10-20(2)17-28(19-37-18-27-21(3)38-41-22(27)4,23-11-8-13-25(15-23)39-29(31,32)33)24-12-9-14-26(16-24)40-30(34,35)36/h5-16,37H,1,17-19H2,2-4H3/b7-6-,20-10+. The largest absolute Gasteiger partial charge is 0.573 e. The summed E-state index contributed by atoms with van der Waals surface area (Å²) in [5.74, 6) is -0.325. The molecule has 0 radical (unpaired) electrons. The summed E-state index contributed by atoms with van der Waals surface area (Å²) in [7, 11) is 0. The van der Waals surface area contributed by atoms with E-state index in [1.165, 1.54) is 24.3 Å². The molecule has 1 heterocycles. The smallest absolute Gasteiger partial charge is 0.406 e. The van der Waals surface area contributed by atoms with Gasteiger partial charge in [-0.05, 0) is 62.6 Å². The summed E-state index contributed by atoms with van der Waals surface area (Å²) in [6.45, 7) is 9.38. The van der Waals surface area contributed by atoms with Crippen LogP contribution in [-0.2, 0) is 12.0 Å². The summed E-state index contributed by atoms with van der Waals surface area (Å²) in [6.07, 6.45) is -2.82. The molecule has 3 aromatic rings. The number of ether oxygens (including phenoxy) is 2. The lowest BCUT2D eigenvalue weighted by Gasteiger charge is -2.37. The average Bonchev–Trinajstić information content (AvgIpc) is 3.19. The van der Waals surface area contributed by atoms with Crippen molar-refractivity contribution in [1.82, 2.24) is 10.5 Å². The normalized spacial score (nSPS) is 13.0. The maximum Gasteiger partial charge on any atom is 0.573 e. The summed E-state index contributed by atoms with van der Waals surface area (Å²) >= 11 is 0. The van der Waals surface area contributed by atoms with Crippen molar-refractivity contribution in [2.45, 2.75) is 51.9 Å². The number of nitrogens with zero attached hydrogens (tertiary/aromatic N) is 1. The third kappa shape index (κ3) is 9.01. The number of nitrogens with one attached hydrogen (secondary N) is 1. The van der Waals surface area contributed by atoms with Gasteiger partial charge in [0.25, 0.3) is 0 Å². The van der Waals surface area contributed by atoms with Crippen LogP contribution >= 0.6 is 0 Å². The molecule has 0 saturated heterocycles. The van der Waals surface area contributed by atoms with E-state index < -0.39 is 29.6 Å². The molecule has 0 atom stereocenters. The van der Waals surface area contributed by atoms with Gasteiger partial charge in [-0.2, -0.15) is 0 Å². The van der Waals surface area contributed by atoms with Crippen LogP contribution in [0.2, 0.25) is 0 Å². The second kappa shape index (κ2) is 13.1. The van der Waals surface area contributed by atoms with E-state index in [0.29, 0.717) is 29.1 Å². The van der Waals surface area contributed by atoms with Crippen LogP contribution in [-0.4, -0.2) is 24.4 Å². The SMILES string of the molecule is C=C/C=C\C=C(/C)CC(CNCc1c(C)noc1C)(c1cccc(OC(F)(F)F)c1)c1cccc(OC(F)(F)F)c1. The predicted molar refractivity (Wildman–Crippen MR) is 142 cm³/mol. The molecule has 0 fully saturated rings. The van der Waals surface area contributed by atoms with Gasteiger partial charge in [0, 0.05) is 24.1 Å². The summed E-state index contributed by atoms with van der Waals surface area (Å²) in [4.78, 5) is 0. The van der Waals surface area contributed by atoms with Gasteiger partial charge in [-0.15, -0.1) is 26.3 Å². The Morgan fingerprint density at radius 1 is 0.927 bits per heavy atom. The molecule has 2 aromatic carbocycles. The highest BCUT2D eigenvalue weighted by molar-refractivity contribution is 5.47. The summed E-state index contributed by atoms with van der Waals surface area (Å²) in [5.41, 5.74) is 1.85. The first-order valence-electron chi connectivity index (χ1n) is 12.5. The maximum absolute atomic E-state index is 13.1. The lowest BCUT2D eigenvalue weighted by molar-refractivity contribution is -0.275. The maximum atomic E-state index is 13.1. The first kappa shape index (κ1) is 31.5. The quantitative estimate of drug-likeness (QED) is 0.173. The van der Waals surface area contributed by atoms with Crippen molar-refractivity contribution in [3.8, 4) is 11.5 Å². The number of benzene rings is 2. The third-order valence-electron chi connectivity index (χ3n) is 6.36. The Morgan fingerprint density at radius 2 is 1.49 bits per heavy atom. The summed E-state index contributed by atoms with van der Waals surface area (Å²) < 4.78 is 92.4. The minimum Gasteiger partial charge on any atom is -0.406 e. The zero-order chi connectivity index (χ0) is 30.3. The molecule has 0 aliphatic carbocycles. The monoisotopic (exact) mass is 580 g/mol. The molecule has 0 saturated carbocycles. The molecular weight excluding hydrogens is 550 g/mol. The number of aromatic nitrogens is 1. The van der Waals surface area contributed by atoms with Crippen molar-refractivity contribution in [3.63, 3.8) is 0 Å². The van der Waals surface area contributed by atoms with Crippen LogP contribution in [0.4, 0.5) is 26.3 Å². The van der Waals surface area contributed by atoms with E-state index in [1.54, 1.807) is 50.3 Å². The predicted octanol–water partition coefficient (Wildman–Crippen LogP) is 8.24. The van der Waals surface area contributed by atoms with Gasteiger partial charge in [0.2, 0.25) is 0 Å². The first-order valence-corrected chi connectivity index (χ1v) is 12.5. The molecule has 41 heavy (non-hydrogen) atoms. The van der Waals surface area contributed by atoms with E-state index in [-0.39, 0.29) is 13.0 Å². The molecule has 11 heteroatoms. The van der Waals surface area contributed by atoms with Gasteiger partial charge in [-0.1, -0.05) is 65.9 Å². The Kier molecular flexibility index (Phi) is 10.1. The van der Waals surface area contributed by atoms with Crippen LogP contribution < -0.4 is 14.8 Å². The minimum absolute atomic E-state index is 0.109. The molecule has 0 bridgehead atoms. The van der Waals surface area contributed by atoms with E-state index >= 15 is 0 Å². The third-order valence-corrected chi connectivity index (χ3v) is 6.36. The number of aryl methyl sites for hydroxylation is 2. The zero-order valence-corrected chi connectivity index (χ0v) is 22.7. The Balaban J connectivity index is 2.20. The van der Waals surface area contributed by atoms with Crippen molar-refractivity contribution in [3.05, 3.63) is 113 Å². The lowest BCUT2D eigenvalue weighted by Crippen LogP contribution is -2.40. The second-order valence-electron chi connectivity index (χ2n) is 9.45. The highest BCUT2D eigenvalue weighted by atomic mass is 19.4. The Morgan fingerprint density at radius 3 is 1.95 bits per heavy atom. The summed E-state index contributed by atoms with van der Waals surface area (Å²) in [6, 6.07) is 10.9. The minimum atomic E-state index is -4.94. The van der Waals surface area contributed by atoms with E-state index in [1.807, 2.05) is 6.92 Å². The van der Waals surface area contributed by atoms with E-state index in [2.05, 4.69) is 26.5 Å². The molecule has 0 unspecified atom stereocenters. The average molecular weight is 581 g/mol. The van der Waals surface area contributed by atoms with Crippen molar-refractivity contribution in [1.29, 1.82) is 0 Å². The number of rotatable bonds is 12. The molecule has 3 rings (SSSR count). The molecule has 1 N–H and O–H groups in total. The van der Waals surface area contributed by atoms with Gasteiger partial charge in [0.05, 0.1) is 5.69 Å². The molecule has 1 aromatic heterocycles. The van der Waals surface area contributed by atoms with Crippen LogP contribution in [0.3, 0.4) is 0 Å². The van der Waals surface area contributed by atoms with Gasteiger partial charge in [0.1, 0.15) is 17.3 Å². The second-order valence-corrected chi connectivity index (χ2v) is 9.45. The molecule has 0 spiro atoms. The van der Waals surface area contributed by atoms with Crippen LogP contribution in [0.15, 0.2) is 89.5 Å². The lowest BCUT2D eigenvalue weighted by atomic mass is 9.70. The fourth-order valence-corrected chi connectivity index (χ4v) is 4.61. The molecule has 5 nitrogen and oxygen atoms in total. The molecule has 0 aliphatic heterocycles. The van der Waals surface area contributed by atoms with Gasteiger partial charge in [-0.25, -0.2) is 0 Å². The van der Waals surface area contributed by atoms with Crippen molar-refractivity contribution < 1.29 is 40.3 Å². The molecular formula is C30H30F6N2O3. The van der Waals surface area contributed by atoms with Crippen LogP contribution in [0.1, 0.15) is 41.5 Å². The molecule has 0 aliphatic rings. The zero-order valence-electron chi connectivity index (χ0n) is 22.7. The highest BCUT2D eigenvalue weighted by Gasteiger charge is 2.38. The topological polar surface area (TPSA) is 56.5 Å². The number of allylic oxidation sites excluding steroid dienone is 5. The number of hydrogen-bond acceptors (Lipinski definition) is 5. The Labute approximate surface area is 234 Å². The fraction of sp³-hybridized carbons (Fsp3) is 0.300. The first-order chi connectivity index (χ1) is 19.2. The van der Waals surface area contributed by atoms with Gasteiger partial charge >= 0.3 is 12.7 Å². The van der Waals surface area contributed by atoms with Gasteiger partial charge < -0.3 is 19.3 Å². The summed E-state index contributed by atoms with van der Waals surface area (Å²) in [5, 5.41) is 7.27. The van der Waals surface area contributed by atoms with Gasteiger partial charge in [0.15, 0.2) is 0 Å². The number of hydrogen-bond donors (Lipinski definition) is 1. The highest BCUT2D eigenvalue weighted by Crippen LogP contribution is 2.41. The Bertz CT molecular complexity index is 1310. The number of alkyl halides is 6. The van der Waals surface area contributed by atoms with Crippen molar-refractivity contribution in [2.24, 2.45) is 0 Å². The van der Waals surface area contributed by atoms with Crippen LogP contribution in [0, 0.1) is 13.8 Å². The van der Waals surface area contributed by atoms with E-state index in [4.69, 9.17) is 4.52 Å². The molecule has 220 valence electrons. The molecule has 0 amide bonds. The van der Waals surface area contributed by atoms with Gasteiger partial charge in [-0.3, -0.25) is 0 Å². The fourth-order valence-electron chi connectivity index (χ4n) is 4.61.